The lowest BCUT2D eigenvalue weighted by molar-refractivity contribution is -0.0483. The molecular weight excluding hydrogens is 596 g/mol. The van der Waals surface area contributed by atoms with Crippen LogP contribution in [0, 0.1) is 0 Å². The van der Waals surface area contributed by atoms with Crippen molar-refractivity contribution < 1.29 is 53.5 Å². The van der Waals surface area contributed by atoms with E-state index in [2.05, 4.69) is 20.3 Å². The van der Waals surface area contributed by atoms with Crippen molar-refractivity contribution in [2.45, 2.75) is 24.5 Å². The normalized spacial score (nSPS) is 23.1. The highest BCUT2D eigenvalue weighted by atomic mass is 35.5. The summed E-state index contributed by atoms with van der Waals surface area (Å²) in [5.41, 5.74) is 0.734. The Labute approximate surface area is 229 Å². The first kappa shape index (κ1) is 28.6. The molecule has 1 fully saturated rings. The molecule has 2 aromatic heterocycles. The van der Waals surface area contributed by atoms with Crippen molar-refractivity contribution in [3.05, 3.63) is 41.9 Å². The van der Waals surface area contributed by atoms with Crippen LogP contribution in [0.3, 0.4) is 0 Å². The van der Waals surface area contributed by atoms with Gasteiger partial charge in [-0.15, -0.1) is 0 Å². The van der Waals surface area contributed by atoms with E-state index in [0.29, 0.717) is 16.5 Å². The first-order valence-corrected chi connectivity index (χ1v) is 15.3. The summed E-state index contributed by atoms with van der Waals surface area (Å²) in [4.78, 5) is 40.2. The van der Waals surface area contributed by atoms with Gasteiger partial charge in [-0.25, -0.2) is 4.98 Å². The first-order valence-electron chi connectivity index (χ1n) is 11.4. The van der Waals surface area contributed by atoms with E-state index in [9.17, 15) is 34.4 Å². The summed E-state index contributed by atoms with van der Waals surface area (Å²) in [7, 11) is -9.60. The number of rotatable bonds is 8. The van der Waals surface area contributed by atoms with Gasteiger partial charge in [0.25, 0.3) is 0 Å². The van der Waals surface area contributed by atoms with Crippen LogP contribution in [0.1, 0.15) is 6.23 Å². The number of nitrogens with zero attached hydrogens (tertiary/aromatic N) is 4. The van der Waals surface area contributed by atoms with Crippen LogP contribution < -0.4 is 5.32 Å². The third-order valence-electron chi connectivity index (χ3n) is 6.04. The Morgan fingerprint density at radius 1 is 1.07 bits per heavy atom. The molecule has 0 radical (unpaired) electrons. The lowest BCUT2D eigenvalue weighted by atomic mass is 10.1. The van der Waals surface area contributed by atoms with Crippen LogP contribution in [0.25, 0.3) is 21.9 Å². The number of hydrogen-bond acceptors (Lipinski definition) is 12. The second kappa shape index (κ2) is 10.5. The Bertz CT molecular complexity index is 1700. The Morgan fingerprint density at radius 3 is 2.52 bits per heavy atom. The summed E-state index contributed by atoms with van der Waals surface area (Å²) in [6.45, 7) is -0.763. The molecule has 1 saturated heterocycles. The van der Waals surface area contributed by atoms with Crippen molar-refractivity contribution in [2.24, 2.45) is 0 Å². The zero-order valence-corrected chi connectivity index (χ0v) is 22.6. The lowest BCUT2D eigenvalue weighted by Crippen LogP contribution is -2.33. The quantitative estimate of drug-likeness (QED) is 0.0796. The van der Waals surface area contributed by atoms with E-state index in [1.165, 1.54) is 23.0 Å². The number of nitrogens with one attached hydrogen (secondary N) is 1. The van der Waals surface area contributed by atoms with Crippen LogP contribution in [0.2, 0.25) is 5.28 Å². The smallest absolute Gasteiger partial charge is 0.340 e. The van der Waals surface area contributed by atoms with Crippen molar-refractivity contribution in [2.75, 3.05) is 17.8 Å². The van der Waals surface area contributed by atoms with E-state index < -0.39 is 52.2 Å². The van der Waals surface area contributed by atoms with Crippen LogP contribution >= 0.6 is 26.8 Å². The highest BCUT2D eigenvalue weighted by Crippen LogP contribution is 2.55. The molecule has 0 bridgehead atoms. The first-order chi connectivity index (χ1) is 18.7. The maximum absolute atomic E-state index is 12.0. The SMILES string of the molecule is O=P(O)(O)CP(=O)(O)OC[C@H]1O[C@@H](n2cnc3c(Nc4cccc5cc(O)c(O)cc45)nc(Cl)nc32)[C@@H](O)C1O. The number of hydrogen-bond donors (Lipinski definition) is 8. The number of phenolic OH excluding ortho intramolecular Hbond substituents is 2. The Balaban J connectivity index is 1.43. The molecule has 5 atom stereocenters. The van der Waals surface area contributed by atoms with Crippen LogP contribution in [0.15, 0.2) is 36.7 Å². The van der Waals surface area contributed by atoms with Gasteiger partial charge in [-0.05, 0) is 35.2 Å². The number of aliphatic hydroxyl groups excluding tert-OH is 2. The predicted molar refractivity (Wildman–Crippen MR) is 140 cm³/mol. The molecule has 4 aromatic rings. The number of imidazole rings is 1. The average molecular weight is 618 g/mol. The van der Waals surface area contributed by atoms with Gasteiger partial charge in [0.1, 0.15) is 18.3 Å². The molecule has 2 unspecified atom stereocenters. The van der Waals surface area contributed by atoms with Gasteiger partial charge in [-0.2, -0.15) is 9.97 Å². The molecule has 3 heterocycles. The standard InChI is InChI=1S/C21H22ClN5O11P2/c22-21-25-18(24-11-3-1-2-9-4-12(28)13(29)5-10(9)11)15-19(26-21)27(7-23-15)20-17(31)16(30)14(38-20)6-37-40(35,36)8-39(32,33)34/h1-5,7,14,16-17,20,28-31H,6,8H2,(H,35,36)(H,24,25,26)(H2,32,33,34)/t14-,16?,17+,20-/m1/s1. The molecule has 19 heteroatoms. The zero-order chi connectivity index (χ0) is 29.0. The summed E-state index contributed by atoms with van der Waals surface area (Å²) >= 11 is 6.16. The number of aliphatic hydroxyl groups is 2. The Morgan fingerprint density at radius 2 is 1.80 bits per heavy atom. The Hall–Kier alpha value is -2.88. The second-order valence-corrected chi connectivity index (χ2v) is 13.3. The van der Waals surface area contributed by atoms with E-state index in [4.69, 9.17) is 30.6 Å². The molecule has 0 saturated carbocycles. The van der Waals surface area contributed by atoms with Gasteiger partial charge < -0.3 is 49.7 Å². The summed E-state index contributed by atoms with van der Waals surface area (Å²) in [6.07, 6.45) is -4.64. The van der Waals surface area contributed by atoms with E-state index >= 15 is 0 Å². The summed E-state index contributed by atoms with van der Waals surface area (Å²) < 4.78 is 34.6. The fraction of sp³-hybridized carbons (Fsp3) is 0.286. The monoisotopic (exact) mass is 617 g/mol. The van der Waals surface area contributed by atoms with Crippen molar-refractivity contribution >= 4 is 60.2 Å². The van der Waals surface area contributed by atoms with E-state index in [-0.39, 0.29) is 33.8 Å². The van der Waals surface area contributed by atoms with Gasteiger partial charge in [0.05, 0.1) is 12.9 Å². The molecule has 1 aliphatic heterocycles. The molecule has 8 N–H and O–H groups in total. The zero-order valence-electron chi connectivity index (χ0n) is 20.0. The second-order valence-electron chi connectivity index (χ2n) is 8.94. The summed E-state index contributed by atoms with van der Waals surface area (Å²) in [5, 5.41) is 44.9. The maximum Gasteiger partial charge on any atom is 0.340 e. The number of fused-ring (bicyclic) bond motifs is 2. The highest BCUT2D eigenvalue weighted by Gasteiger charge is 2.45. The molecule has 1 aliphatic rings. The van der Waals surface area contributed by atoms with E-state index in [0.717, 1.165) is 0 Å². The van der Waals surface area contributed by atoms with Gasteiger partial charge >= 0.3 is 15.2 Å². The van der Waals surface area contributed by atoms with Gasteiger partial charge in [-0.3, -0.25) is 13.7 Å². The number of aromatic hydroxyl groups is 2. The number of aromatic nitrogens is 4. The number of halogens is 1. The fourth-order valence-electron chi connectivity index (χ4n) is 4.26. The third-order valence-corrected chi connectivity index (χ3v) is 9.66. The molecule has 214 valence electrons. The van der Waals surface area contributed by atoms with Crippen LogP contribution in [-0.4, -0.2) is 85.4 Å². The molecule has 5 rings (SSSR count). The number of anilines is 2. The number of phenols is 2. The van der Waals surface area contributed by atoms with Crippen LogP contribution in [0.5, 0.6) is 11.5 Å². The van der Waals surface area contributed by atoms with Gasteiger partial charge in [0, 0.05) is 11.1 Å². The van der Waals surface area contributed by atoms with Crippen molar-refractivity contribution in [1.29, 1.82) is 0 Å². The molecule has 2 aromatic carbocycles. The third kappa shape index (κ3) is 5.78. The fourth-order valence-corrected chi connectivity index (χ4v) is 7.00. The van der Waals surface area contributed by atoms with Crippen LogP contribution in [0.4, 0.5) is 11.5 Å². The summed E-state index contributed by atoms with van der Waals surface area (Å²) in [6, 6.07) is 7.87. The molecule has 0 amide bonds. The minimum Gasteiger partial charge on any atom is -0.504 e. The van der Waals surface area contributed by atoms with Gasteiger partial charge in [-0.1, -0.05) is 12.1 Å². The topological polar surface area (TPSA) is 250 Å². The molecule has 0 spiro atoms. The average Bonchev–Trinajstić information content (AvgIpc) is 3.38. The Kier molecular flexibility index (Phi) is 7.52. The lowest BCUT2D eigenvalue weighted by Gasteiger charge is -2.18. The number of benzene rings is 2. The van der Waals surface area contributed by atoms with Crippen molar-refractivity contribution in [3.8, 4) is 11.5 Å². The highest BCUT2D eigenvalue weighted by molar-refractivity contribution is 7.70. The molecular formula is C21H22ClN5O11P2. The maximum atomic E-state index is 12.0. The minimum absolute atomic E-state index is 0.0791. The van der Waals surface area contributed by atoms with E-state index in [1.807, 2.05) is 0 Å². The largest absolute Gasteiger partial charge is 0.504 e. The van der Waals surface area contributed by atoms with Gasteiger partial charge in [0.15, 0.2) is 40.6 Å². The minimum atomic E-state index is -4.87. The van der Waals surface area contributed by atoms with Crippen molar-refractivity contribution in [3.63, 3.8) is 0 Å². The van der Waals surface area contributed by atoms with E-state index in [1.54, 1.807) is 18.2 Å². The molecule has 40 heavy (non-hydrogen) atoms. The predicted octanol–water partition coefficient (Wildman–Crippen LogP) is 1.74. The molecule has 16 nitrogen and oxygen atoms in total. The molecule has 0 aliphatic carbocycles. The van der Waals surface area contributed by atoms with Crippen LogP contribution in [-0.2, 0) is 18.4 Å². The van der Waals surface area contributed by atoms with Crippen molar-refractivity contribution in [1.82, 2.24) is 19.5 Å². The van der Waals surface area contributed by atoms with Gasteiger partial charge in [0.2, 0.25) is 5.28 Å². The summed E-state index contributed by atoms with van der Waals surface area (Å²) in [5.74, 6) is -1.91. The number of ether oxygens (including phenoxy) is 1.